The fraction of sp³-hybridized carbons (Fsp3) is 0.310. The standard InChI is InChI=1S/C29H30ClFN4OS/c1-17-6-7-18(19-8-13-25(32)34-15-19)14-20(17)16-35(22-11-9-21(33-2)10-12-22)29(36)28-27(30)26-23(31)4-3-5-24(26)37-28/h3-8,13-15,21-22,33H,9-12,16H2,1-2H3,(H2,32,34)/t21-,22-. The molecule has 5 rings (SSSR count). The van der Waals surface area contributed by atoms with E-state index in [0.29, 0.717) is 33.4 Å². The molecule has 1 saturated carbocycles. The number of anilines is 1. The average molecular weight is 537 g/mol. The Morgan fingerprint density at radius 3 is 2.59 bits per heavy atom. The summed E-state index contributed by atoms with van der Waals surface area (Å²) < 4.78 is 15.3. The lowest BCUT2D eigenvalue weighted by atomic mass is 9.89. The lowest BCUT2D eigenvalue weighted by molar-refractivity contribution is 0.0606. The molecule has 0 bridgehead atoms. The molecule has 2 aromatic carbocycles. The molecule has 4 aromatic rings. The van der Waals surface area contributed by atoms with E-state index in [2.05, 4.69) is 35.4 Å². The van der Waals surface area contributed by atoms with Crippen LogP contribution < -0.4 is 11.1 Å². The molecular formula is C29H30ClFN4OS. The maximum Gasteiger partial charge on any atom is 0.266 e. The maximum atomic E-state index is 14.6. The summed E-state index contributed by atoms with van der Waals surface area (Å²) in [6.07, 6.45) is 5.55. The minimum atomic E-state index is -0.403. The monoisotopic (exact) mass is 536 g/mol. The number of carbonyl (C=O) groups excluding carboxylic acids is 1. The van der Waals surface area contributed by atoms with Crippen LogP contribution in [0.15, 0.2) is 54.7 Å². The van der Waals surface area contributed by atoms with E-state index >= 15 is 0 Å². The summed E-state index contributed by atoms with van der Waals surface area (Å²) in [5.41, 5.74) is 9.91. The van der Waals surface area contributed by atoms with Gasteiger partial charge in [0.15, 0.2) is 0 Å². The normalized spacial score (nSPS) is 17.7. The summed E-state index contributed by atoms with van der Waals surface area (Å²) >= 11 is 7.90. The van der Waals surface area contributed by atoms with Gasteiger partial charge in [-0.25, -0.2) is 9.37 Å². The first-order valence-electron chi connectivity index (χ1n) is 12.5. The van der Waals surface area contributed by atoms with Gasteiger partial charge in [-0.2, -0.15) is 0 Å². The molecule has 0 spiro atoms. The number of aromatic nitrogens is 1. The summed E-state index contributed by atoms with van der Waals surface area (Å²) in [4.78, 5) is 20.7. The number of halogens is 2. The van der Waals surface area contributed by atoms with Crippen molar-refractivity contribution in [2.45, 2.75) is 51.2 Å². The van der Waals surface area contributed by atoms with Gasteiger partial charge in [0.1, 0.15) is 16.5 Å². The molecular weight excluding hydrogens is 507 g/mol. The zero-order valence-electron chi connectivity index (χ0n) is 20.9. The number of benzene rings is 2. The molecule has 5 nitrogen and oxygen atoms in total. The number of nitrogens with zero attached hydrogens (tertiary/aromatic N) is 2. The number of carbonyl (C=O) groups is 1. The molecule has 3 N–H and O–H groups in total. The Labute approximate surface area is 225 Å². The molecule has 1 amide bonds. The molecule has 0 unspecified atom stereocenters. The summed E-state index contributed by atoms with van der Waals surface area (Å²) in [5, 5.41) is 3.90. The van der Waals surface area contributed by atoms with Crippen LogP contribution in [0, 0.1) is 12.7 Å². The SMILES string of the molecule is CN[C@H]1CC[C@H](N(Cc2cc(-c3ccc(N)nc3)ccc2C)C(=O)c2sc3cccc(F)c3c2Cl)CC1. The van der Waals surface area contributed by atoms with Gasteiger partial charge in [-0.3, -0.25) is 4.79 Å². The van der Waals surface area contributed by atoms with Crippen LogP contribution in [0.25, 0.3) is 21.2 Å². The van der Waals surface area contributed by atoms with Crippen LogP contribution in [0.5, 0.6) is 0 Å². The number of nitrogens with one attached hydrogen (secondary N) is 1. The molecule has 1 fully saturated rings. The van der Waals surface area contributed by atoms with E-state index in [9.17, 15) is 9.18 Å². The van der Waals surface area contributed by atoms with E-state index < -0.39 is 5.82 Å². The number of nitrogens with two attached hydrogens (primary N) is 1. The third-order valence-electron chi connectivity index (χ3n) is 7.42. The molecule has 8 heteroatoms. The third-order valence-corrected chi connectivity index (χ3v) is 9.05. The Bertz CT molecular complexity index is 1430. The molecule has 0 saturated heterocycles. The van der Waals surface area contributed by atoms with E-state index in [1.165, 1.54) is 17.4 Å². The molecule has 0 radical (unpaired) electrons. The second-order valence-electron chi connectivity index (χ2n) is 9.70. The van der Waals surface area contributed by atoms with E-state index in [4.69, 9.17) is 17.3 Å². The quantitative estimate of drug-likeness (QED) is 0.283. The maximum absolute atomic E-state index is 14.6. The van der Waals surface area contributed by atoms with Crippen LogP contribution in [-0.4, -0.2) is 34.9 Å². The van der Waals surface area contributed by atoms with Crippen molar-refractivity contribution in [3.8, 4) is 11.1 Å². The predicted octanol–water partition coefficient (Wildman–Crippen LogP) is 6.82. The molecule has 2 aromatic heterocycles. The lowest BCUT2D eigenvalue weighted by Crippen LogP contribution is -2.44. The Kier molecular flexibility index (Phi) is 7.47. The zero-order chi connectivity index (χ0) is 26.1. The van der Waals surface area contributed by atoms with Crippen molar-refractivity contribution in [3.05, 3.63) is 81.6 Å². The highest BCUT2D eigenvalue weighted by Crippen LogP contribution is 2.39. The highest BCUT2D eigenvalue weighted by molar-refractivity contribution is 7.21. The first-order chi connectivity index (χ1) is 17.9. The lowest BCUT2D eigenvalue weighted by Gasteiger charge is -2.37. The first-order valence-corrected chi connectivity index (χ1v) is 13.7. The van der Waals surface area contributed by atoms with E-state index in [1.54, 1.807) is 18.3 Å². The van der Waals surface area contributed by atoms with Gasteiger partial charge < -0.3 is 16.0 Å². The van der Waals surface area contributed by atoms with Gasteiger partial charge >= 0.3 is 0 Å². The van der Waals surface area contributed by atoms with Gasteiger partial charge in [0, 0.05) is 40.5 Å². The minimum absolute atomic E-state index is 0.0736. The number of fused-ring (bicyclic) bond motifs is 1. The fourth-order valence-corrected chi connectivity index (χ4v) is 6.67. The van der Waals surface area contributed by atoms with Gasteiger partial charge in [-0.05, 0) is 86.7 Å². The van der Waals surface area contributed by atoms with Crippen molar-refractivity contribution < 1.29 is 9.18 Å². The van der Waals surface area contributed by atoms with Gasteiger partial charge in [0.05, 0.1) is 5.02 Å². The van der Waals surface area contributed by atoms with Crippen molar-refractivity contribution in [3.63, 3.8) is 0 Å². The van der Waals surface area contributed by atoms with Crippen molar-refractivity contribution in [2.24, 2.45) is 0 Å². The largest absolute Gasteiger partial charge is 0.384 e. The number of nitrogen functional groups attached to an aromatic ring is 1. The summed E-state index contributed by atoms with van der Waals surface area (Å²) in [6, 6.07) is 15.4. The number of amides is 1. The highest BCUT2D eigenvalue weighted by atomic mass is 35.5. The molecule has 1 aliphatic carbocycles. The Morgan fingerprint density at radius 1 is 1.16 bits per heavy atom. The van der Waals surface area contributed by atoms with E-state index in [1.807, 2.05) is 24.1 Å². The molecule has 2 heterocycles. The Balaban J connectivity index is 1.52. The molecule has 0 aliphatic heterocycles. The summed E-state index contributed by atoms with van der Waals surface area (Å²) in [6.45, 7) is 2.51. The van der Waals surface area contributed by atoms with E-state index in [0.717, 1.165) is 47.9 Å². The second kappa shape index (κ2) is 10.8. The Hall–Kier alpha value is -3.00. The molecule has 192 valence electrons. The van der Waals surface area contributed by atoms with Crippen LogP contribution in [0.3, 0.4) is 0 Å². The van der Waals surface area contributed by atoms with Crippen LogP contribution in [0.4, 0.5) is 10.2 Å². The van der Waals surface area contributed by atoms with Crippen molar-refractivity contribution in [1.29, 1.82) is 0 Å². The number of aryl methyl sites for hydroxylation is 1. The minimum Gasteiger partial charge on any atom is -0.384 e. The predicted molar refractivity (Wildman–Crippen MR) is 151 cm³/mol. The van der Waals surface area contributed by atoms with Crippen LogP contribution in [0.1, 0.15) is 46.5 Å². The first kappa shape index (κ1) is 25.6. The van der Waals surface area contributed by atoms with Gasteiger partial charge in [0.2, 0.25) is 0 Å². The number of thiophene rings is 1. The van der Waals surface area contributed by atoms with Crippen molar-refractivity contribution in [1.82, 2.24) is 15.2 Å². The van der Waals surface area contributed by atoms with Gasteiger partial charge in [-0.15, -0.1) is 11.3 Å². The fourth-order valence-electron chi connectivity index (χ4n) is 5.16. The number of pyridine rings is 1. The smallest absolute Gasteiger partial charge is 0.266 e. The summed E-state index contributed by atoms with van der Waals surface area (Å²) in [7, 11) is 1.99. The van der Waals surface area contributed by atoms with Crippen LogP contribution in [0.2, 0.25) is 5.02 Å². The number of rotatable bonds is 6. The van der Waals surface area contributed by atoms with Crippen molar-refractivity contribution in [2.75, 3.05) is 12.8 Å². The molecule has 37 heavy (non-hydrogen) atoms. The number of hydrogen-bond donors (Lipinski definition) is 2. The Morgan fingerprint density at radius 2 is 1.92 bits per heavy atom. The highest BCUT2D eigenvalue weighted by Gasteiger charge is 2.32. The molecule has 0 atom stereocenters. The van der Waals surface area contributed by atoms with Gasteiger partial charge in [-0.1, -0.05) is 29.8 Å². The second-order valence-corrected chi connectivity index (χ2v) is 11.1. The topological polar surface area (TPSA) is 71.2 Å². The van der Waals surface area contributed by atoms with Crippen LogP contribution in [-0.2, 0) is 6.54 Å². The van der Waals surface area contributed by atoms with Crippen LogP contribution >= 0.6 is 22.9 Å². The van der Waals surface area contributed by atoms with E-state index in [-0.39, 0.29) is 17.0 Å². The zero-order valence-corrected chi connectivity index (χ0v) is 22.5. The number of hydrogen-bond acceptors (Lipinski definition) is 5. The third kappa shape index (κ3) is 5.21. The van der Waals surface area contributed by atoms with Gasteiger partial charge in [0.25, 0.3) is 5.91 Å². The summed E-state index contributed by atoms with van der Waals surface area (Å²) in [5.74, 6) is -0.0707. The molecule has 1 aliphatic rings. The average Bonchev–Trinajstić information content (AvgIpc) is 3.26. The van der Waals surface area contributed by atoms with Crippen molar-refractivity contribution >= 4 is 44.7 Å².